The highest BCUT2D eigenvalue weighted by Gasteiger charge is 2.39. The van der Waals surface area contributed by atoms with Crippen LogP contribution in [0.2, 0.25) is 0 Å². The Bertz CT molecular complexity index is 1060. The maximum absolute atomic E-state index is 14.2. The van der Waals surface area contributed by atoms with Crippen LogP contribution < -0.4 is 4.74 Å². The molecular weight excluding hydrogens is 440 g/mol. The number of nitrogens with zero attached hydrogens (tertiary/aromatic N) is 2. The molecule has 2 fully saturated rings. The molecule has 0 bridgehead atoms. The van der Waals surface area contributed by atoms with Crippen LogP contribution in [0.15, 0.2) is 84.9 Å². The van der Waals surface area contributed by atoms with E-state index in [0.717, 1.165) is 37.5 Å². The van der Waals surface area contributed by atoms with Gasteiger partial charge in [0.05, 0.1) is 38.5 Å². The lowest BCUT2D eigenvalue weighted by atomic mass is 9.89. The number of hydrogen-bond donors (Lipinski definition) is 0. The summed E-state index contributed by atoms with van der Waals surface area (Å²) in [4.78, 5) is 18.9. The molecule has 0 radical (unpaired) electrons. The fourth-order valence-corrected chi connectivity index (χ4v) is 4.95. The van der Waals surface area contributed by atoms with Gasteiger partial charge in [-0.05, 0) is 42.0 Å². The van der Waals surface area contributed by atoms with Gasteiger partial charge in [0.15, 0.2) is 5.78 Å². The summed E-state index contributed by atoms with van der Waals surface area (Å²) in [6.45, 7) is 5.71. The minimum Gasteiger partial charge on any atom is -0.457 e. The Morgan fingerprint density at radius 2 is 1.17 bits per heavy atom. The van der Waals surface area contributed by atoms with E-state index >= 15 is 0 Å². The van der Waals surface area contributed by atoms with Gasteiger partial charge in [-0.1, -0.05) is 48.5 Å². The van der Waals surface area contributed by atoms with Gasteiger partial charge < -0.3 is 14.2 Å². The molecule has 2 atom stereocenters. The summed E-state index contributed by atoms with van der Waals surface area (Å²) < 4.78 is 17.2. The molecule has 0 spiro atoms. The Hall–Kier alpha value is -3.03. The number of ether oxygens (including phenoxy) is 3. The Balaban J connectivity index is 1.46. The third kappa shape index (κ3) is 5.80. The van der Waals surface area contributed by atoms with E-state index < -0.39 is 0 Å². The lowest BCUT2D eigenvalue weighted by Gasteiger charge is -2.44. The SMILES string of the molecule is O=C(c1ccc(Oc2ccccc2)cc1)[C@@H]([C@@H](c1ccccc1)N1CCOCC1)N1CCOCC1. The highest BCUT2D eigenvalue weighted by molar-refractivity contribution is 6.00. The zero-order chi connectivity index (χ0) is 23.9. The van der Waals surface area contributed by atoms with Crippen LogP contribution in [0.3, 0.4) is 0 Å². The van der Waals surface area contributed by atoms with Crippen LogP contribution in [0.5, 0.6) is 11.5 Å². The number of ketones is 1. The Labute approximate surface area is 207 Å². The zero-order valence-electron chi connectivity index (χ0n) is 19.9. The van der Waals surface area contributed by atoms with Gasteiger partial charge in [-0.25, -0.2) is 0 Å². The molecule has 35 heavy (non-hydrogen) atoms. The summed E-state index contributed by atoms with van der Waals surface area (Å²) >= 11 is 0. The van der Waals surface area contributed by atoms with Crippen molar-refractivity contribution < 1.29 is 19.0 Å². The van der Waals surface area contributed by atoms with E-state index in [9.17, 15) is 4.79 Å². The molecule has 2 heterocycles. The van der Waals surface area contributed by atoms with Crippen molar-refractivity contribution in [2.24, 2.45) is 0 Å². The number of Topliss-reactive ketones (excluding diaryl/α,β-unsaturated/α-hetero) is 1. The largest absolute Gasteiger partial charge is 0.457 e. The molecule has 2 saturated heterocycles. The molecule has 0 saturated carbocycles. The van der Waals surface area contributed by atoms with Crippen molar-refractivity contribution in [2.75, 3.05) is 52.6 Å². The molecule has 0 amide bonds. The minimum absolute atomic E-state index is 0.0639. The Morgan fingerprint density at radius 1 is 0.657 bits per heavy atom. The molecule has 0 N–H and O–H groups in total. The minimum atomic E-state index is -0.319. The van der Waals surface area contributed by atoms with Crippen LogP contribution >= 0.6 is 0 Å². The molecule has 0 aliphatic carbocycles. The Morgan fingerprint density at radius 3 is 1.77 bits per heavy atom. The third-order valence-corrected chi connectivity index (χ3v) is 6.70. The van der Waals surface area contributed by atoms with Crippen molar-refractivity contribution in [1.82, 2.24) is 9.80 Å². The average Bonchev–Trinajstić information content (AvgIpc) is 2.94. The van der Waals surface area contributed by atoms with Crippen LogP contribution in [0, 0.1) is 0 Å². The summed E-state index contributed by atoms with van der Waals surface area (Å²) in [6.07, 6.45) is 0. The van der Waals surface area contributed by atoms with Crippen molar-refractivity contribution in [3.63, 3.8) is 0 Å². The smallest absolute Gasteiger partial charge is 0.181 e. The van der Waals surface area contributed by atoms with E-state index in [4.69, 9.17) is 14.2 Å². The van der Waals surface area contributed by atoms with Gasteiger partial charge in [0.25, 0.3) is 0 Å². The predicted molar refractivity (Wildman–Crippen MR) is 135 cm³/mol. The second-order valence-corrected chi connectivity index (χ2v) is 8.90. The van der Waals surface area contributed by atoms with Crippen LogP contribution in [-0.4, -0.2) is 74.2 Å². The number of hydrogen-bond acceptors (Lipinski definition) is 6. The van der Waals surface area contributed by atoms with Crippen molar-refractivity contribution in [3.8, 4) is 11.5 Å². The number of morpholine rings is 2. The first kappa shape index (κ1) is 23.7. The van der Waals surface area contributed by atoms with Gasteiger partial charge >= 0.3 is 0 Å². The standard InChI is InChI=1S/C29H32N2O4/c32-29(24-11-13-26(14-12-24)35-25-9-5-2-6-10-25)28(31-17-21-34-22-18-31)27(23-7-3-1-4-8-23)30-15-19-33-20-16-30/h1-14,27-28H,15-22H2/t27-,28-/m1/s1. The molecule has 0 unspecified atom stereocenters. The van der Waals surface area contributed by atoms with Gasteiger partial charge in [0.2, 0.25) is 0 Å². The topological polar surface area (TPSA) is 51.2 Å². The van der Waals surface area contributed by atoms with E-state index in [1.807, 2.05) is 60.7 Å². The second kappa shape index (κ2) is 11.6. The highest BCUT2D eigenvalue weighted by atomic mass is 16.5. The third-order valence-electron chi connectivity index (χ3n) is 6.70. The molecule has 5 rings (SSSR count). The number of carbonyl (C=O) groups is 1. The van der Waals surface area contributed by atoms with Crippen LogP contribution in [0.25, 0.3) is 0 Å². The van der Waals surface area contributed by atoms with Crippen molar-refractivity contribution in [3.05, 3.63) is 96.1 Å². The molecule has 3 aromatic rings. The van der Waals surface area contributed by atoms with Gasteiger partial charge in [0, 0.05) is 31.7 Å². The summed E-state index contributed by atoms with van der Waals surface area (Å²) in [7, 11) is 0. The van der Waals surface area contributed by atoms with Gasteiger partial charge in [-0.15, -0.1) is 0 Å². The average molecular weight is 473 g/mol. The molecule has 182 valence electrons. The van der Waals surface area contributed by atoms with Gasteiger partial charge in [-0.2, -0.15) is 0 Å². The summed E-state index contributed by atoms with van der Waals surface area (Å²) in [5, 5.41) is 0. The quantitative estimate of drug-likeness (QED) is 0.452. The lowest BCUT2D eigenvalue weighted by Crippen LogP contribution is -2.55. The molecule has 2 aliphatic heterocycles. The maximum atomic E-state index is 14.2. The summed E-state index contributed by atoms with van der Waals surface area (Å²) in [6, 6.07) is 27.2. The van der Waals surface area contributed by atoms with E-state index in [2.05, 4.69) is 34.1 Å². The molecule has 3 aromatic carbocycles. The number of para-hydroxylation sites is 1. The fraction of sp³-hybridized carbons (Fsp3) is 0.345. The van der Waals surface area contributed by atoms with Gasteiger partial charge in [-0.3, -0.25) is 14.6 Å². The molecule has 0 aromatic heterocycles. The maximum Gasteiger partial charge on any atom is 0.181 e. The first-order valence-electron chi connectivity index (χ1n) is 12.4. The number of rotatable bonds is 8. The fourth-order valence-electron chi connectivity index (χ4n) is 4.95. The lowest BCUT2D eigenvalue weighted by molar-refractivity contribution is -0.0301. The van der Waals surface area contributed by atoms with Crippen LogP contribution in [0.1, 0.15) is 22.0 Å². The van der Waals surface area contributed by atoms with Crippen molar-refractivity contribution in [2.45, 2.75) is 12.1 Å². The second-order valence-electron chi connectivity index (χ2n) is 8.90. The zero-order valence-corrected chi connectivity index (χ0v) is 19.9. The first-order chi connectivity index (χ1) is 17.3. The highest BCUT2D eigenvalue weighted by Crippen LogP contribution is 2.32. The summed E-state index contributed by atoms with van der Waals surface area (Å²) in [5.41, 5.74) is 1.85. The molecule has 2 aliphatic rings. The molecule has 6 nitrogen and oxygen atoms in total. The van der Waals surface area contributed by atoms with E-state index in [1.54, 1.807) is 0 Å². The Kier molecular flexibility index (Phi) is 7.85. The molecule has 6 heteroatoms. The normalized spacial score (nSPS) is 19.1. The summed E-state index contributed by atoms with van der Waals surface area (Å²) in [5.74, 6) is 1.61. The van der Waals surface area contributed by atoms with E-state index in [-0.39, 0.29) is 17.9 Å². The van der Waals surface area contributed by atoms with E-state index in [1.165, 1.54) is 0 Å². The van der Waals surface area contributed by atoms with E-state index in [0.29, 0.717) is 37.7 Å². The monoisotopic (exact) mass is 472 g/mol. The predicted octanol–water partition coefficient (Wildman–Crippen LogP) is 4.44. The first-order valence-corrected chi connectivity index (χ1v) is 12.4. The molecular formula is C29H32N2O4. The van der Waals surface area contributed by atoms with Crippen molar-refractivity contribution >= 4 is 5.78 Å². The van der Waals surface area contributed by atoms with Crippen LogP contribution in [-0.2, 0) is 9.47 Å². The van der Waals surface area contributed by atoms with Crippen molar-refractivity contribution in [1.29, 1.82) is 0 Å². The number of benzene rings is 3. The number of carbonyl (C=O) groups excluding carboxylic acids is 1. The van der Waals surface area contributed by atoms with Gasteiger partial charge in [0.1, 0.15) is 11.5 Å². The van der Waals surface area contributed by atoms with Crippen LogP contribution in [0.4, 0.5) is 0 Å².